The molecule has 136 valence electrons. The van der Waals surface area contributed by atoms with Crippen LogP contribution in [0.5, 0.6) is 5.75 Å². The predicted octanol–water partition coefficient (Wildman–Crippen LogP) is 2.63. The fourth-order valence-electron chi connectivity index (χ4n) is 3.56. The zero-order valence-corrected chi connectivity index (χ0v) is 15.1. The quantitative estimate of drug-likeness (QED) is 0.923. The number of carbonyl (C=O) groups is 1. The molecule has 0 bridgehead atoms. The first-order valence-corrected chi connectivity index (χ1v) is 9.24. The van der Waals surface area contributed by atoms with Gasteiger partial charge in [-0.3, -0.25) is 4.79 Å². The number of nitrogens with zero attached hydrogens (tertiary/aromatic N) is 2. The summed E-state index contributed by atoms with van der Waals surface area (Å²) in [5.74, 6) is 0.766. The number of piperazine rings is 1. The van der Waals surface area contributed by atoms with Gasteiger partial charge in [-0.25, -0.2) is 0 Å². The molecule has 26 heavy (non-hydrogen) atoms. The third-order valence-electron chi connectivity index (χ3n) is 5.25. The molecule has 1 unspecified atom stereocenters. The van der Waals surface area contributed by atoms with Crippen molar-refractivity contribution in [2.24, 2.45) is 5.92 Å². The Hall–Kier alpha value is -2.53. The van der Waals surface area contributed by atoms with Crippen LogP contribution in [0, 0.1) is 5.92 Å². The summed E-state index contributed by atoms with van der Waals surface area (Å²) in [6, 6.07) is 16.1. The van der Waals surface area contributed by atoms with E-state index in [1.165, 1.54) is 5.69 Å². The monoisotopic (exact) mass is 351 g/mol. The fourth-order valence-corrected chi connectivity index (χ4v) is 3.56. The van der Waals surface area contributed by atoms with Gasteiger partial charge in [-0.2, -0.15) is 0 Å². The van der Waals surface area contributed by atoms with Crippen LogP contribution in [0.2, 0.25) is 0 Å². The van der Waals surface area contributed by atoms with E-state index in [0.717, 1.165) is 49.6 Å². The average Bonchev–Trinajstić information content (AvgIpc) is 2.69. The minimum absolute atomic E-state index is 0.0202. The van der Waals surface area contributed by atoms with E-state index in [4.69, 9.17) is 4.74 Å². The first-order valence-electron chi connectivity index (χ1n) is 9.24. The Morgan fingerprint density at radius 1 is 1.04 bits per heavy atom. The first kappa shape index (κ1) is 16.9. The molecule has 0 saturated carbocycles. The van der Waals surface area contributed by atoms with Crippen LogP contribution >= 0.6 is 0 Å². The number of likely N-dealkylation sites (N-methyl/N-ethyl adjacent to an activating group) is 1. The summed E-state index contributed by atoms with van der Waals surface area (Å²) in [7, 11) is 2.16. The molecule has 1 amide bonds. The molecular weight excluding hydrogens is 326 g/mol. The van der Waals surface area contributed by atoms with Crippen LogP contribution in [-0.4, -0.2) is 50.6 Å². The second-order valence-electron chi connectivity index (χ2n) is 7.15. The van der Waals surface area contributed by atoms with Crippen LogP contribution in [0.4, 0.5) is 11.4 Å². The molecule has 0 aliphatic carbocycles. The smallest absolute Gasteiger partial charge is 0.231 e. The standard InChI is InChI=1S/C21H25N3O2/c1-23-10-12-24(13-11-23)19-8-6-18(7-9-19)22-21(25)17-14-16-4-2-3-5-20(16)26-15-17/h2-9,17H,10-15H2,1H3,(H,22,25). The molecule has 2 aliphatic rings. The lowest BCUT2D eigenvalue weighted by molar-refractivity contribution is -0.121. The van der Waals surface area contributed by atoms with E-state index in [1.54, 1.807) is 0 Å². The molecule has 2 aromatic rings. The summed E-state index contributed by atoms with van der Waals surface area (Å²) < 4.78 is 5.73. The molecule has 2 aliphatic heterocycles. The SMILES string of the molecule is CN1CCN(c2ccc(NC(=O)C3COc4ccccc4C3)cc2)CC1. The highest BCUT2D eigenvalue weighted by Gasteiger charge is 2.25. The topological polar surface area (TPSA) is 44.8 Å². The lowest BCUT2D eigenvalue weighted by Crippen LogP contribution is -2.44. The Balaban J connectivity index is 1.36. The van der Waals surface area contributed by atoms with Crippen LogP contribution < -0.4 is 15.0 Å². The maximum Gasteiger partial charge on any atom is 0.231 e. The highest BCUT2D eigenvalue weighted by Crippen LogP contribution is 2.27. The zero-order valence-electron chi connectivity index (χ0n) is 15.1. The van der Waals surface area contributed by atoms with E-state index in [0.29, 0.717) is 6.61 Å². The van der Waals surface area contributed by atoms with Gasteiger partial charge in [0.2, 0.25) is 5.91 Å². The van der Waals surface area contributed by atoms with Gasteiger partial charge in [0.05, 0.1) is 5.92 Å². The summed E-state index contributed by atoms with van der Waals surface area (Å²) in [6.07, 6.45) is 0.724. The number of carbonyl (C=O) groups excluding carboxylic acids is 1. The summed E-state index contributed by atoms with van der Waals surface area (Å²) in [5.41, 5.74) is 3.15. The van der Waals surface area contributed by atoms with Gasteiger partial charge in [0.25, 0.3) is 0 Å². The van der Waals surface area contributed by atoms with Crippen molar-refractivity contribution in [1.82, 2.24) is 4.90 Å². The van der Waals surface area contributed by atoms with Crippen molar-refractivity contribution in [2.75, 3.05) is 50.1 Å². The van der Waals surface area contributed by atoms with Crippen LogP contribution in [-0.2, 0) is 11.2 Å². The molecule has 5 nitrogen and oxygen atoms in total. The number of hydrogen-bond donors (Lipinski definition) is 1. The van der Waals surface area contributed by atoms with Crippen molar-refractivity contribution in [2.45, 2.75) is 6.42 Å². The lowest BCUT2D eigenvalue weighted by atomic mass is 9.96. The van der Waals surface area contributed by atoms with Gasteiger partial charge < -0.3 is 19.9 Å². The Kier molecular flexibility index (Phi) is 4.80. The molecular formula is C21H25N3O2. The van der Waals surface area contributed by atoms with E-state index >= 15 is 0 Å². The summed E-state index contributed by atoms with van der Waals surface area (Å²) in [5, 5.41) is 3.03. The molecule has 2 heterocycles. The Morgan fingerprint density at radius 2 is 1.77 bits per heavy atom. The minimum Gasteiger partial charge on any atom is -0.492 e. The third-order valence-corrected chi connectivity index (χ3v) is 5.25. The number of amides is 1. The van der Waals surface area contributed by atoms with Crippen molar-refractivity contribution < 1.29 is 9.53 Å². The predicted molar refractivity (Wildman–Crippen MR) is 104 cm³/mol. The van der Waals surface area contributed by atoms with Gasteiger partial charge in [0.1, 0.15) is 12.4 Å². The second-order valence-corrected chi connectivity index (χ2v) is 7.15. The van der Waals surface area contributed by atoms with E-state index in [-0.39, 0.29) is 11.8 Å². The maximum absolute atomic E-state index is 12.6. The first-order chi connectivity index (χ1) is 12.7. The molecule has 1 N–H and O–H groups in total. The summed E-state index contributed by atoms with van der Waals surface area (Å²) in [6.45, 7) is 4.69. The Bertz CT molecular complexity index is 767. The van der Waals surface area contributed by atoms with Crippen LogP contribution in [0.3, 0.4) is 0 Å². The van der Waals surface area contributed by atoms with E-state index in [1.807, 2.05) is 36.4 Å². The van der Waals surface area contributed by atoms with Crippen molar-refractivity contribution in [1.29, 1.82) is 0 Å². The fraction of sp³-hybridized carbons (Fsp3) is 0.381. The van der Waals surface area contributed by atoms with Crippen LogP contribution in [0.15, 0.2) is 48.5 Å². The van der Waals surface area contributed by atoms with E-state index in [2.05, 4.69) is 34.3 Å². The van der Waals surface area contributed by atoms with Gasteiger partial charge in [0, 0.05) is 37.6 Å². The molecule has 1 atom stereocenters. The van der Waals surface area contributed by atoms with Crippen molar-refractivity contribution in [3.8, 4) is 5.75 Å². The maximum atomic E-state index is 12.6. The normalized spacial score (nSPS) is 20.2. The highest BCUT2D eigenvalue weighted by atomic mass is 16.5. The molecule has 0 radical (unpaired) electrons. The van der Waals surface area contributed by atoms with Gasteiger partial charge in [-0.05, 0) is 49.4 Å². The molecule has 4 rings (SSSR count). The number of nitrogens with one attached hydrogen (secondary N) is 1. The third kappa shape index (κ3) is 3.68. The molecule has 2 aromatic carbocycles. The van der Waals surface area contributed by atoms with Crippen molar-refractivity contribution in [3.63, 3.8) is 0 Å². The number of fused-ring (bicyclic) bond motifs is 1. The van der Waals surface area contributed by atoms with E-state index in [9.17, 15) is 4.79 Å². The average molecular weight is 351 g/mol. The number of hydrogen-bond acceptors (Lipinski definition) is 4. The van der Waals surface area contributed by atoms with Gasteiger partial charge >= 0.3 is 0 Å². The summed E-state index contributed by atoms with van der Waals surface area (Å²) in [4.78, 5) is 17.3. The zero-order chi connectivity index (χ0) is 17.9. The van der Waals surface area contributed by atoms with Crippen molar-refractivity contribution >= 4 is 17.3 Å². The van der Waals surface area contributed by atoms with Gasteiger partial charge in [-0.15, -0.1) is 0 Å². The number of ether oxygens (including phenoxy) is 1. The minimum atomic E-state index is -0.151. The van der Waals surface area contributed by atoms with E-state index < -0.39 is 0 Å². The Labute approximate surface area is 154 Å². The number of anilines is 2. The lowest BCUT2D eigenvalue weighted by Gasteiger charge is -2.34. The molecule has 5 heteroatoms. The van der Waals surface area contributed by atoms with Crippen LogP contribution in [0.25, 0.3) is 0 Å². The number of benzene rings is 2. The van der Waals surface area contributed by atoms with Gasteiger partial charge in [0.15, 0.2) is 0 Å². The highest BCUT2D eigenvalue weighted by molar-refractivity contribution is 5.93. The van der Waals surface area contributed by atoms with Crippen LogP contribution in [0.1, 0.15) is 5.56 Å². The Morgan fingerprint density at radius 3 is 2.54 bits per heavy atom. The second kappa shape index (κ2) is 7.38. The number of rotatable bonds is 3. The van der Waals surface area contributed by atoms with Crippen molar-refractivity contribution in [3.05, 3.63) is 54.1 Å². The largest absolute Gasteiger partial charge is 0.492 e. The summed E-state index contributed by atoms with van der Waals surface area (Å²) >= 11 is 0. The molecule has 0 aromatic heterocycles. The number of para-hydroxylation sites is 1. The van der Waals surface area contributed by atoms with Gasteiger partial charge in [-0.1, -0.05) is 18.2 Å². The molecule has 1 fully saturated rings. The molecule has 1 saturated heterocycles. The molecule has 0 spiro atoms.